The lowest BCUT2D eigenvalue weighted by atomic mass is 9.95. The summed E-state index contributed by atoms with van der Waals surface area (Å²) in [4.78, 5) is 15.0. The molecule has 0 aromatic heterocycles. The van der Waals surface area contributed by atoms with Gasteiger partial charge in [0.2, 0.25) is 5.91 Å². The topological polar surface area (TPSA) is 20.3 Å². The maximum atomic E-state index is 13.1. The number of hydrogen-bond donors (Lipinski definition) is 0. The molecule has 2 aromatic rings. The van der Waals surface area contributed by atoms with E-state index in [0.717, 1.165) is 29.8 Å². The second-order valence-electron chi connectivity index (χ2n) is 5.68. The molecule has 120 valence electrons. The van der Waals surface area contributed by atoms with Crippen LogP contribution in [0.4, 0.5) is 4.39 Å². The molecule has 2 aromatic carbocycles. The Hall–Kier alpha value is -1.81. The molecule has 2 nitrogen and oxygen atoms in total. The molecule has 0 unspecified atom stereocenters. The summed E-state index contributed by atoms with van der Waals surface area (Å²) in [6.45, 7) is 2.79. The van der Waals surface area contributed by atoms with Crippen LogP contribution >= 0.6 is 11.8 Å². The Labute approximate surface area is 140 Å². The van der Waals surface area contributed by atoms with Crippen LogP contribution in [0.2, 0.25) is 0 Å². The van der Waals surface area contributed by atoms with E-state index in [-0.39, 0.29) is 23.0 Å². The van der Waals surface area contributed by atoms with E-state index < -0.39 is 0 Å². The van der Waals surface area contributed by atoms with E-state index in [1.54, 1.807) is 23.9 Å². The third kappa shape index (κ3) is 3.42. The van der Waals surface area contributed by atoms with Crippen LogP contribution in [0.1, 0.15) is 35.8 Å². The molecule has 0 radical (unpaired) electrons. The SMILES string of the molecule is CC[C@@H](C(=O)N1CCS[C@@H]1c1ccc(F)cc1)c1ccccc1. The van der Waals surface area contributed by atoms with Gasteiger partial charge in [-0.2, -0.15) is 0 Å². The van der Waals surface area contributed by atoms with Gasteiger partial charge in [-0.1, -0.05) is 49.4 Å². The molecule has 4 heteroatoms. The minimum absolute atomic E-state index is 0.0131. The van der Waals surface area contributed by atoms with E-state index in [4.69, 9.17) is 0 Å². The normalized spacial score (nSPS) is 18.9. The van der Waals surface area contributed by atoms with Gasteiger partial charge in [0.25, 0.3) is 0 Å². The maximum Gasteiger partial charge on any atom is 0.231 e. The maximum absolute atomic E-state index is 13.1. The van der Waals surface area contributed by atoms with Gasteiger partial charge in [0.15, 0.2) is 0 Å². The Bertz CT molecular complexity index is 659. The number of halogens is 1. The molecule has 1 aliphatic heterocycles. The number of nitrogens with zero attached hydrogens (tertiary/aromatic N) is 1. The summed E-state index contributed by atoms with van der Waals surface area (Å²) in [5.74, 6) is 0.722. The lowest BCUT2D eigenvalue weighted by Gasteiger charge is -2.28. The van der Waals surface area contributed by atoms with Crippen molar-refractivity contribution in [3.05, 3.63) is 71.5 Å². The molecular weight excluding hydrogens is 309 g/mol. The monoisotopic (exact) mass is 329 g/mol. The predicted molar refractivity (Wildman–Crippen MR) is 92.8 cm³/mol. The summed E-state index contributed by atoms with van der Waals surface area (Å²) in [5, 5.41) is -0.0131. The van der Waals surface area contributed by atoms with Crippen molar-refractivity contribution in [3.8, 4) is 0 Å². The highest BCUT2D eigenvalue weighted by Gasteiger charge is 2.34. The molecule has 2 atom stereocenters. The van der Waals surface area contributed by atoms with Crippen molar-refractivity contribution in [1.29, 1.82) is 0 Å². The van der Waals surface area contributed by atoms with Gasteiger partial charge in [-0.25, -0.2) is 4.39 Å². The van der Waals surface area contributed by atoms with Crippen LogP contribution in [-0.2, 0) is 4.79 Å². The second kappa shape index (κ2) is 7.18. The molecule has 1 heterocycles. The van der Waals surface area contributed by atoms with Crippen LogP contribution in [-0.4, -0.2) is 23.1 Å². The van der Waals surface area contributed by atoms with Gasteiger partial charge < -0.3 is 4.90 Å². The van der Waals surface area contributed by atoms with Crippen LogP contribution in [0, 0.1) is 5.82 Å². The fourth-order valence-electron chi connectivity index (χ4n) is 3.04. The lowest BCUT2D eigenvalue weighted by molar-refractivity contribution is -0.133. The summed E-state index contributed by atoms with van der Waals surface area (Å²) in [6, 6.07) is 16.4. The first-order valence-corrected chi connectivity index (χ1v) is 8.98. The zero-order chi connectivity index (χ0) is 16.2. The quantitative estimate of drug-likeness (QED) is 0.817. The predicted octanol–water partition coefficient (Wildman–Crippen LogP) is 4.59. The van der Waals surface area contributed by atoms with E-state index in [2.05, 4.69) is 0 Å². The van der Waals surface area contributed by atoms with Gasteiger partial charge in [-0.3, -0.25) is 4.79 Å². The molecule has 0 aliphatic carbocycles. The molecule has 0 N–H and O–H groups in total. The average molecular weight is 329 g/mol. The fraction of sp³-hybridized carbons (Fsp3) is 0.316. The minimum atomic E-state index is -0.245. The molecule has 1 saturated heterocycles. The van der Waals surface area contributed by atoms with Crippen molar-refractivity contribution >= 4 is 17.7 Å². The van der Waals surface area contributed by atoms with E-state index in [1.165, 1.54) is 12.1 Å². The highest BCUT2D eigenvalue weighted by atomic mass is 32.2. The van der Waals surface area contributed by atoms with E-state index in [1.807, 2.05) is 42.2 Å². The van der Waals surface area contributed by atoms with Gasteiger partial charge in [-0.05, 0) is 29.7 Å². The van der Waals surface area contributed by atoms with Crippen molar-refractivity contribution in [3.63, 3.8) is 0 Å². The number of carbonyl (C=O) groups excluding carboxylic acids is 1. The number of thioether (sulfide) groups is 1. The highest BCUT2D eigenvalue weighted by molar-refractivity contribution is 7.99. The first-order chi connectivity index (χ1) is 11.2. The molecular formula is C19H20FNOS. The molecule has 1 fully saturated rings. The molecule has 1 amide bonds. The van der Waals surface area contributed by atoms with E-state index in [9.17, 15) is 9.18 Å². The number of hydrogen-bond acceptors (Lipinski definition) is 2. The van der Waals surface area contributed by atoms with Gasteiger partial charge in [0, 0.05) is 12.3 Å². The molecule has 0 bridgehead atoms. The largest absolute Gasteiger partial charge is 0.325 e. The van der Waals surface area contributed by atoms with Gasteiger partial charge in [0.05, 0.1) is 5.92 Å². The van der Waals surface area contributed by atoms with Crippen molar-refractivity contribution in [2.45, 2.75) is 24.6 Å². The molecule has 3 rings (SSSR count). The third-order valence-electron chi connectivity index (χ3n) is 4.24. The zero-order valence-electron chi connectivity index (χ0n) is 13.1. The standard InChI is InChI=1S/C19H20FNOS/c1-2-17(14-6-4-3-5-7-14)18(22)21-12-13-23-19(21)15-8-10-16(20)11-9-15/h3-11,17,19H,2,12-13H2,1H3/t17-,19-/m1/s1. The highest BCUT2D eigenvalue weighted by Crippen LogP contribution is 2.40. The molecule has 23 heavy (non-hydrogen) atoms. The summed E-state index contributed by atoms with van der Waals surface area (Å²) in [6.07, 6.45) is 0.778. The van der Waals surface area contributed by atoms with Crippen LogP contribution in [0.3, 0.4) is 0 Å². The van der Waals surface area contributed by atoms with Crippen molar-refractivity contribution in [1.82, 2.24) is 4.90 Å². The van der Waals surface area contributed by atoms with Crippen molar-refractivity contribution in [2.24, 2.45) is 0 Å². The smallest absolute Gasteiger partial charge is 0.231 e. The first kappa shape index (κ1) is 16.1. The Morgan fingerprint density at radius 3 is 2.57 bits per heavy atom. The first-order valence-electron chi connectivity index (χ1n) is 7.93. The Kier molecular flexibility index (Phi) is 5.01. The average Bonchev–Trinajstić information content (AvgIpc) is 3.07. The Morgan fingerprint density at radius 1 is 1.22 bits per heavy atom. The summed E-state index contributed by atoms with van der Waals surface area (Å²) < 4.78 is 13.1. The van der Waals surface area contributed by atoms with Crippen LogP contribution in [0.15, 0.2) is 54.6 Å². The van der Waals surface area contributed by atoms with Crippen LogP contribution < -0.4 is 0 Å². The van der Waals surface area contributed by atoms with Crippen LogP contribution in [0.25, 0.3) is 0 Å². The van der Waals surface area contributed by atoms with Crippen molar-refractivity contribution in [2.75, 3.05) is 12.3 Å². The third-order valence-corrected chi connectivity index (χ3v) is 5.50. The zero-order valence-corrected chi connectivity index (χ0v) is 13.9. The number of amides is 1. The second-order valence-corrected chi connectivity index (χ2v) is 6.87. The molecule has 0 saturated carbocycles. The minimum Gasteiger partial charge on any atom is -0.325 e. The lowest BCUT2D eigenvalue weighted by Crippen LogP contribution is -2.34. The number of rotatable bonds is 4. The van der Waals surface area contributed by atoms with Crippen LogP contribution in [0.5, 0.6) is 0 Å². The van der Waals surface area contributed by atoms with Gasteiger partial charge in [-0.15, -0.1) is 11.8 Å². The number of carbonyl (C=O) groups is 1. The Morgan fingerprint density at radius 2 is 1.91 bits per heavy atom. The van der Waals surface area contributed by atoms with Gasteiger partial charge in [0.1, 0.15) is 11.2 Å². The molecule has 1 aliphatic rings. The summed E-state index contributed by atoms with van der Waals surface area (Å²) in [5.41, 5.74) is 2.06. The van der Waals surface area contributed by atoms with E-state index >= 15 is 0 Å². The van der Waals surface area contributed by atoms with E-state index in [0.29, 0.717) is 0 Å². The fourth-order valence-corrected chi connectivity index (χ4v) is 4.30. The van der Waals surface area contributed by atoms with Gasteiger partial charge >= 0.3 is 0 Å². The molecule has 0 spiro atoms. The summed E-state index contributed by atoms with van der Waals surface area (Å²) >= 11 is 1.74. The summed E-state index contributed by atoms with van der Waals surface area (Å²) in [7, 11) is 0. The van der Waals surface area contributed by atoms with Crippen molar-refractivity contribution < 1.29 is 9.18 Å². The number of benzene rings is 2. The Balaban J connectivity index is 1.84.